The molecule has 1 amide bonds. The lowest BCUT2D eigenvalue weighted by Gasteiger charge is -2.13. The summed E-state index contributed by atoms with van der Waals surface area (Å²) in [6.45, 7) is 0.192. The van der Waals surface area contributed by atoms with E-state index >= 15 is 0 Å². The number of anilines is 1. The van der Waals surface area contributed by atoms with Gasteiger partial charge in [-0.3, -0.25) is 4.79 Å². The largest absolute Gasteiger partial charge is 0.493 e. The van der Waals surface area contributed by atoms with Gasteiger partial charge in [-0.2, -0.15) is 0 Å². The van der Waals surface area contributed by atoms with Crippen LogP contribution in [0.25, 0.3) is 6.08 Å². The Morgan fingerprint density at radius 1 is 0.848 bits per heavy atom. The zero-order valence-corrected chi connectivity index (χ0v) is 19.9. The second-order valence-corrected chi connectivity index (χ2v) is 7.61. The van der Waals surface area contributed by atoms with E-state index in [2.05, 4.69) is 5.32 Å². The first kappa shape index (κ1) is 24.3. The van der Waals surface area contributed by atoms with E-state index in [-0.39, 0.29) is 12.5 Å². The summed E-state index contributed by atoms with van der Waals surface area (Å²) in [5, 5.41) is 3.84. The van der Waals surface area contributed by atoms with E-state index < -0.39 is 0 Å². The molecule has 0 radical (unpaired) electrons. The molecule has 0 unspecified atom stereocenters. The summed E-state index contributed by atoms with van der Waals surface area (Å²) < 4.78 is 21.7. The molecule has 3 aromatic carbocycles. The molecule has 0 saturated carbocycles. The molecule has 0 spiro atoms. The Morgan fingerprint density at radius 3 is 2.15 bits per heavy atom. The van der Waals surface area contributed by atoms with Gasteiger partial charge in [0.25, 0.3) is 0 Å². The molecular formula is C25H23Cl2NO5. The van der Waals surface area contributed by atoms with Gasteiger partial charge in [-0.25, -0.2) is 0 Å². The Bertz CT molecular complexity index is 1140. The van der Waals surface area contributed by atoms with E-state index in [1.165, 1.54) is 13.2 Å². The van der Waals surface area contributed by atoms with E-state index in [0.29, 0.717) is 44.3 Å². The third kappa shape index (κ3) is 6.34. The van der Waals surface area contributed by atoms with Crippen LogP contribution in [-0.4, -0.2) is 27.2 Å². The predicted molar refractivity (Wildman–Crippen MR) is 131 cm³/mol. The number of carbonyl (C=O) groups excluding carboxylic acids is 1. The predicted octanol–water partition coefficient (Wildman–Crippen LogP) is 6.25. The average Bonchev–Trinajstić information content (AvgIpc) is 2.82. The van der Waals surface area contributed by atoms with Crippen molar-refractivity contribution in [3.05, 3.63) is 81.8 Å². The zero-order chi connectivity index (χ0) is 23.8. The number of ether oxygens (including phenoxy) is 4. The molecule has 0 aliphatic rings. The summed E-state index contributed by atoms with van der Waals surface area (Å²) in [5.41, 5.74) is 2.04. The van der Waals surface area contributed by atoms with Gasteiger partial charge in [-0.15, -0.1) is 0 Å². The number of methoxy groups -OCH3 is 3. The van der Waals surface area contributed by atoms with Gasteiger partial charge >= 0.3 is 0 Å². The minimum atomic E-state index is -0.296. The van der Waals surface area contributed by atoms with E-state index in [9.17, 15) is 4.79 Å². The molecule has 6 nitrogen and oxygen atoms in total. The normalized spacial score (nSPS) is 10.7. The van der Waals surface area contributed by atoms with Crippen molar-refractivity contribution in [2.45, 2.75) is 6.61 Å². The first-order valence-electron chi connectivity index (χ1n) is 9.90. The number of hydrogen-bond donors (Lipinski definition) is 1. The lowest BCUT2D eigenvalue weighted by atomic mass is 10.2. The maximum Gasteiger partial charge on any atom is 0.248 e. The molecule has 3 rings (SSSR count). The van der Waals surface area contributed by atoms with Crippen molar-refractivity contribution in [2.75, 3.05) is 26.6 Å². The molecule has 0 aliphatic carbocycles. The summed E-state index contributed by atoms with van der Waals surface area (Å²) in [6.07, 6.45) is 3.10. The summed E-state index contributed by atoms with van der Waals surface area (Å²) in [5.74, 6) is 1.85. The number of amides is 1. The van der Waals surface area contributed by atoms with E-state index in [0.717, 1.165) is 5.56 Å². The van der Waals surface area contributed by atoms with E-state index in [1.54, 1.807) is 68.8 Å². The molecule has 0 saturated heterocycles. The van der Waals surface area contributed by atoms with Crippen LogP contribution in [0.3, 0.4) is 0 Å². The lowest BCUT2D eigenvalue weighted by Crippen LogP contribution is -2.08. The Hall–Kier alpha value is -3.35. The first-order chi connectivity index (χ1) is 15.9. The van der Waals surface area contributed by atoms with Crippen LogP contribution in [0.15, 0.2) is 60.7 Å². The summed E-state index contributed by atoms with van der Waals surface area (Å²) in [4.78, 5) is 12.3. The smallest absolute Gasteiger partial charge is 0.248 e. The minimum absolute atomic E-state index is 0.192. The summed E-state index contributed by atoms with van der Waals surface area (Å²) >= 11 is 12.4. The van der Waals surface area contributed by atoms with Crippen LogP contribution < -0.4 is 24.3 Å². The number of benzene rings is 3. The van der Waals surface area contributed by atoms with Gasteiger partial charge in [0.1, 0.15) is 6.61 Å². The monoisotopic (exact) mass is 487 g/mol. The topological polar surface area (TPSA) is 66.0 Å². The van der Waals surface area contributed by atoms with Crippen molar-refractivity contribution in [3.8, 4) is 23.0 Å². The molecule has 1 N–H and O–H groups in total. The lowest BCUT2D eigenvalue weighted by molar-refractivity contribution is -0.111. The Morgan fingerprint density at radius 2 is 1.48 bits per heavy atom. The van der Waals surface area contributed by atoms with E-state index in [1.807, 2.05) is 6.07 Å². The second-order valence-electron chi connectivity index (χ2n) is 6.79. The fraction of sp³-hybridized carbons (Fsp3) is 0.160. The van der Waals surface area contributed by atoms with Crippen molar-refractivity contribution in [2.24, 2.45) is 0 Å². The van der Waals surface area contributed by atoms with Gasteiger partial charge < -0.3 is 24.3 Å². The molecule has 0 atom stereocenters. The van der Waals surface area contributed by atoms with Gasteiger partial charge in [-0.1, -0.05) is 35.3 Å². The molecule has 0 aliphatic heterocycles. The van der Waals surface area contributed by atoms with Crippen LogP contribution in [0, 0.1) is 0 Å². The summed E-state index contributed by atoms with van der Waals surface area (Å²) in [6, 6.07) is 15.8. The van der Waals surface area contributed by atoms with Crippen LogP contribution in [0.4, 0.5) is 5.69 Å². The van der Waals surface area contributed by atoms with Crippen LogP contribution in [-0.2, 0) is 11.4 Å². The van der Waals surface area contributed by atoms with Crippen molar-refractivity contribution in [1.82, 2.24) is 0 Å². The van der Waals surface area contributed by atoms with Gasteiger partial charge in [-0.05, 0) is 48.0 Å². The first-order valence-corrected chi connectivity index (χ1v) is 10.7. The molecule has 172 valence electrons. The molecule has 0 heterocycles. The number of carbonyl (C=O) groups is 1. The fourth-order valence-corrected chi connectivity index (χ4v) is 3.50. The third-order valence-corrected chi connectivity index (χ3v) is 5.41. The van der Waals surface area contributed by atoms with Gasteiger partial charge in [0.05, 0.1) is 21.3 Å². The quantitative estimate of drug-likeness (QED) is 0.361. The molecule has 0 fully saturated rings. The molecular weight excluding hydrogens is 465 g/mol. The Labute approximate surface area is 202 Å². The maximum atomic E-state index is 12.3. The van der Waals surface area contributed by atoms with Crippen molar-refractivity contribution >= 4 is 40.9 Å². The third-order valence-electron chi connectivity index (χ3n) is 4.70. The number of rotatable bonds is 9. The Balaban J connectivity index is 1.67. The van der Waals surface area contributed by atoms with Gasteiger partial charge in [0.15, 0.2) is 23.0 Å². The molecule has 8 heteroatoms. The van der Waals surface area contributed by atoms with Crippen LogP contribution in [0.1, 0.15) is 11.1 Å². The SMILES string of the molecule is COc1ccc(NC(=O)/C=C/c2ccc(OCc3c(Cl)cccc3Cl)c(OC)c2)cc1OC. The van der Waals surface area contributed by atoms with Crippen molar-refractivity contribution < 1.29 is 23.7 Å². The highest BCUT2D eigenvalue weighted by atomic mass is 35.5. The highest BCUT2D eigenvalue weighted by Gasteiger charge is 2.10. The molecule has 0 aromatic heterocycles. The van der Waals surface area contributed by atoms with Crippen LogP contribution in [0.5, 0.6) is 23.0 Å². The fourth-order valence-electron chi connectivity index (χ4n) is 3.00. The second kappa shape index (κ2) is 11.5. The molecule has 0 bridgehead atoms. The van der Waals surface area contributed by atoms with Crippen molar-refractivity contribution in [1.29, 1.82) is 0 Å². The Kier molecular flexibility index (Phi) is 8.46. The minimum Gasteiger partial charge on any atom is -0.493 e. The van der Waals surface area contributed by atoms with Crippen LogP contribution in [0.2, 0.25) is 10.0 Å². The van der Waals surface area contributed by atoms with Crippen molar-refractivity contribution in [3.63, 3.8) is 0 Å². The molecule has 3 aromatic rings. The number of halogens is 2. The van der Waals surface area contributed by atoms with Gasteiger partial charge in [0.2, 0.25) is 5.91 Å². The number of nitrogens with one attached hydrogen (secondary N) is 1. The highest BCUT2D eigenvalue weighted by Crippen LogP contribution is 2.32. The molecule has 33 heavy (non-hydrogen) atoms. The summed E-state index contributed by atoms with van der Waals surface area (Å²) in [7, 11) is 4.63. The van der Waals surface area contributed by atoms with Crippen LogP contribution >= 0.6 is 23.2 Å². The number of hydrogen-bond acceptors (Lipinski definition) is 5. The standard InChI is InChI=1S/C25H23Cl2NO5/c1-30-21-11-9-17(14-24(21)32-3)28-25(29)12-8-16-7-10-22(23(13-16)31-2)33-15-18-19(26)5-4-6-20(18)27/h4-14H,15H2,1-3H3,(H,28,29)/b12-8+. The van der Waals surface area contributed by atoms with Gasteiger partial charge in [0, 0.05) is 33.4 Å². The van der Waals surface area contributed by atoms with E-state index in [4.69, 9.17) is 42.1 Å². The average molecular weight is 488 g/mol. The maximum absolute atomic E-state index is 12.3. The zero-order valence-electron chi connectivity index (χ0n) is 18.4. The highest BCUT2D eigenvalue weighted by molar-refractivity contribution is 6.35.